The molecule has 0 bridgehead atoms. The zero-order valence-corrected chi connectivity index (χ0v) is 17.3. The molecule has 8 nitrogen and oxygen atoms in total. The Hall–Kier alpha value is -3.94. The van der Waals surface area contributed by atoms with Gasteiger partial charge in [0.25, 0.3) is 5.91 Å². The number of oxazole rings is 1. The van der Waals surface area contributed by atoms with Crippen LogP contribution in [-0.4, -0.2) is 47.9 Å². The molecule has 0 aliphatic rings. The molecule has 0 aliphatic heterocycles. The highest BCUT2D eigenvalue weighted by Crippen LogP contribution is 2.18. The Morgan fingerprint density at radius 1 is 1.06 bits per heavy atom. The van der Waals surface area contributed by atoms with Crippen molar-refractivity contribution >= 4 is 23.5 Å². The summed E-state index contributed by atoms with van der Waals surface area (Å²) in [6, 6.07) is 16.6. The average molecular weight is 421 g/mol. The molecule has 160 valence electrons. The summed E-state index contributed by atoms with van der Waals surface area (Å²) in [6.07, 6.45) is 1.26. The predicted octanol–water partition coefficient (Wildman–Crippen LogP) is 2.83. The van der Waals surface area contributed by atoms with Crippen LogP contribution in [0.3, 0.4) is 0 Å². The number of rotatable bonds is 8. The highest BCUT2D eigenvalue weighted by Gasteiger charge is 2.17. The number of hydrogen-bond donors (Lipinski definition) is 1. The molecule has 0 unspecified atom stereocenters. The summed E-state index contributed by atoms with van der Waals surface area (Å²) < 4.78 is 10.4. The molecule has 2 aromatic carbocycles. The van der Waals surface area contributed by atoms with Crippen molar-refractivity contribution < 1.29 is 23.5 Å². The van der Waals surface area contributed by atoms with Crippen LogP contribution in [-0.2, 0) is 25.5 Å². The fourth-order valence-corrected chi connectivity index (χ4v) is 2.69. The van der Waals surface area contributed by atoms with Gasteiger partial charge in [0.2, 0.25) is 11.8 Å². The van der Waals surface area contributed by atoms with Crippen molar-refractivity contribution in [3.63, 3.8) is 0 Å². The van der Waals surface area contributed by atoms with Crippen molar-refractivity contribution in [3.8, 4) is 11.5 Å². The molecule has 1 aromatic heterocycles. The normalized spacial score (nSPS) is 10.4. The first-order chi connectivity index (χ1) is 14.9. The van der Waals surface area contributed by atoms with Gasteiger partial charge in [-0.25, -0.2) is 4.98 Å². The van der Waals surface area contributed by atoms with Gasteiger partial charge in [-0.15, -0.1) is 0 Å². The van der Waals surface area contributed by atoms with Crippen LogP contribution in [0, 0.1) is 6.92 Å². The summed E-state index contributed by atoms with van der Waals surface area (Å²) >= 11 is 0. The molecule has 1 heterocycles. The van der Waals surface area contributed by atoms with Crippen molar-refractivity contribution in [1.82, 2.24) is 9.88 Å². The third kappa shape index (κ3) is 6.53. The van der Waals surface area contributed by atoms with E-state index in [1.807, 2.05) is 49.4 Å². The quantitative estimate of drug-likeness (QED) is 0.561. The van der Waals surface area contributed by atoms with E-state index in [2.05, 4.69) is 10.3 Å². The minimum atomic E-state index is -0.612. The summed E-state index contributed by atoms with van der Waals surface area (Å²) in [4.78, 5) is 41.7. The molecule has 8 heteroatoms. The molecule has 0 spiro atoms. The first-order valence-corrected chi connectivity index (χ1v) is 9.66. The van der Waals surface area contributed by atoms with Crippen LogP contribution in [0.5, 0.6) is 0 Å². The summed E-state index contributed by atoms with van der Waals surface area (Å²) in [6.45, 7) is 1.33. The van der Waals surface area contributed by atoms with Crippen LogP contribution >= 0.6 is 0 Å². The molecular weight excluding hydrogens is 398 g/mol. The standard InChI is InChI=1S/C23H23N3O5/c1-16-8-10-18(11-9-16)24-20(27)13-26(2)21(28)15-30-22(29)12-19-14-31-23(25-19)17-6-4-3-5-7-17/h3-11,14H,12-13,15H2,1-2H3,(H,24,27). The Bertz CT molecular complexity index is 1040. The number of carbonyl (C=O) groups is 3. The van der Waals surface area contributed by atoms with Gasteiger partial charge in [0.05, 0.1) is 18.7 Å². The van der Waals surface area contributed by atoms with Crippen molar-refractivity contribution in [1.29, 1.82) is 0 Å². The van der Waals surface area contributed by atoms with Crippen LogP contribution < -0.4 is 5.32 Å². The number of anilines is 1. The first kappa shape index (κ1) is 21.8. The van der Waals surface area contributed by atoms with Crippen molar-refractivity contribution in [2.24, 2.45) is 0 Å². The number of aryl methyl sites for hydroxylation is 1. The molecule has 3 aromatic rings. The second-order valence-electron chi connectivity index (χ2n) is 7.01. The number of benzene rings is 2. The van der Waals surface area contributed by atoms with Crippen molar-refractivity contribution in [2.45, 2.75) is 13.3 Å². The van der Waals surface area contributed by atoms with Gasteiger partial charge in [-0.3, -0.25) is 14.4 Å². The largest absolute Gasteiger partial charge is 0.455 e. The maximum atomic E-state index is 12.2. The fraction of sp³-hybridized carbons (Fsp3) is 0.217. The molecule has 0 saturated heterocycles. The van der Waals surface area contributed by atoms with Crippen LogP contribution in [0.4, 0.5) is 5.69 Å². The van der Waals surface area contributed by atoms with Crippen LogP contribution in [0.2, 0.25) is 0 Å². The molecule has 31 heavy (non-hydrogen) atoms. The van der Waals surface area contributed by atoms with E-state index in [9.17, 15) is 14.4 Å². The maximum absolute atomic E-state index is 12.2. The third-order valence-corrected chi connectivity index (χ3v) is 4.40. The van der Waals surface area contributed by atoms with Gasteiger partial charge < -0.3 is 19.4 Å². The number of esters is 1. The maximum Gasteiger partial charge on any atom is 0.312 e. The topological polar surface area (TPSA) is 102 Å². The Morgan fingerprint density at radius 2 is 1.77 bits per heavy atom. The fourth-order valence-electron chi connectivity index (χ4n) is 2.69. The van der Waals surface area contributed by atoms with Gasteiger partial charge in [0, 0.05) is 18.3 Å². The van der Waals surface area contributed by atoms with E-state index in [4.69, 9.17) is 9.15 Å². The molecule has 0 atom stereocenters. The highest BCUT2D eigenvalue weighted by atomic mass is 16.5. The van der Waals surface area contributed by atoms with E-state index in [-0.39, 0.29) is 18.9 Å². The van der Waals surface area contributed by atoms with E-state index >= 15 is 0 Å². The van der Waals surface area contributed by atoms with Crippen LogP contribution in [0.15, 0.2) is 65.3 Å². The lowest BCUT2D eigenvalue weighted by molar-refractivity contribution is -0.151. The van der Waals surface area contributed by atoms with Gasteiger partial charge in [0.1, 0.15) is 6.26 Å². The number of likely N-dealkylation sites (N-methyl/N-ethyl adjacent to an activating group) is 1. The highest BCUT2D eigenvalue weighted by molar-refractivity contribution is 5.94. The Morgan fingerprint density at radius 3 is 2.48 bits per heavy atom. The van der Waals surface area contributed by atoms with Crippen molar-refractivity contribution in [3.05, 3.63) is 72.1 Å². The van der Waals surface area contributed by atoms with Gasteiger partial charge in [-0.05, 0) is 31.2 Å². The number of hydrogen-bond acceptors (Lipinski definition) is 6. The minimum Gasteiger partial charge on any atom is -0.455 e. The molecule has 0 aliphatic carbocycles. The lowest BCUT2D eigenvalue weighted by Crippen LogP contribution is -2.37. The first-order valence-electron chi connectivity index (χ1n) is 9.66. The van der Waals surface area contributed by atoms with Crippen LogP contribution in [0.1, 0.15) is 11.3 Å². The van der Waals surface area contributed by atoms with E-state index in [0.29, 0.717) is 17.3 Å². The number of nitrogens with zero attached hydrogens (tertiary/aromatic N) is 2. The number of carbonyl (C=O) groups excluding carboxylic acids is 3. The van der Waals surface area contributed by atoms with E-state index < -0.39 is 18.5 Å². The number of amides is 2. The monoisotopic (exact) mass is 421 g/mol. The molecule has 3 rings (SSSR count). The molecular formula is C23H23N3O5. The van der Waals surface area contributed by atoms with E-state index in [1.165, 1.54) is 18.2 Å². The molecule has 1 N–H and O–H groups in total. The SMILES string of the molecule is Cc1ccc(NC(=O)CN(C)C(=O)COC(=O)Cc2coc(-c3ccccc3)n2)cc1. The Kier molecular flexibility index (Phi) is 7.16. The summed E-state index contributed by atoms with van der Waals surface area (Å²) in [5.74, 6) is -1.04. The average Bonchev–Trinajstić information content (AvgIpc) is 3.22. The summed E-state index contributed by atoms with van der Waals surface area (Å²) in [5, 5.41) is 2.71. The lowest BCUT2D eigenvalue weighted by Gasteiger charge is -2.16. The second kappa shape index (κ2) is 10.2. The molecule has 0 radical (unpaired) electrons. The lowest BCUT2D eigenvalue weighted by atomic mass is 10.2. The van der Waals surface area contributed by atoms with Crippen LogP contribution in [0.25, 0.3) is 11.5 Å². The predicted molar refractivity (Wildman–Crippen MR) is 114 cm³/mol. The summed E-state index contributed by atoms with van der Waals surface area (Å²) in [7, 11) is 1.47. The number of nitrogens with one attached hydrogen (secondary N) is 1. The van der Waals surface area contributed by atoms with Gasteiger partial charge in [-0.1, -0.05) is 35.9 Å². The van der Waals surface area contributed by atoms with E-state index in [1.54, 1.807) is 12.1 Å². The molecule has 0 fully saturated rings. The number of ether oxygens (including phenoxy) is 1. The third-order valence-electron chi connectivity index (χ3n) is 4.40. The molecule has 0 saturated carbocycles. The Balaban J connectivity index is 1.42. The van der Waals surface area contributed by atoms with E-state index in [0.717, 1.165) is 11.1 Å². The van der Waals surface area contributed by atoms with Gasteiger partial charge in [-0.2, -0.15) is 0 Å². The zero-order valence-electron chi connectivity index (χ0n) is 17.3. The second-order valence-corrected chi connectivity index (χ2v) is 7.01. The smallest absolute Gasteiger partial charge is 0.312 e. The number of aromatic nitrogens is 1. The van der Waals surface area contributed by atoms with Gasteiger partial charge in [0.15, 0.2) is 6.61 Å². The van der Waals surface area contributed by atoms with Crippen molar-refractivity contribution in [2.75, 3.05) is 25.5 Å². The molecule has 2 amide bonds. The zero-order chi connectivity index (χ0) is 22.2. The minimum absolute atomic E-state index is 0.124. The summed E-state index contributed by atoms with van der Waals surface area (Å²) in [5.41, 5.74) is 2.92. The Labute approximate surface area is 179 Å². The van der Waals surface area contributed by atoms with Gasteiger partial charge >= 0.3 is 5.97 Å².